The molecule has 3 saturated heterocycles. The van der Waals surface area contributed by atoms with E-state index in [0.29, 0.717) is 0 Å². The fourth-order valence-electron chi connectivity index (χ4n) is 4.10. The van der Waals surface area contributed by atoms with Crippen LogP contribution in [0.2, 0.25) is 0 Å². The highest BCUT2D eigenvalue weighted by molar-refractivity contribution is 4.85. The second-order valence-corrected chi connectivity index (χ2v) is 7.08. The van der Waals surface area contributed by atoms with Crippen LogP contribution >= 0.6 is 0 Å². The van der Waals surface area contributed by atoms with Crippen LogP contribution in [-0.2, 0) is 0 Å². The van der Waals surface area contributed by atoms with Gasteiger partial charge in [0.1, 0.15) is 0 Å². The lowest BCUT2D eigenvalue weighted by atomic mass is 9.95. The number of rotatable bonds is 4. The molecule has 3 aliphatic rings. The average Bonchev–Trinajstić information content (AvgIpc) is 3.05. The van der Waals surface area contributed by atoms with E-state index in [1.165, 1.54) is 77.9 Å². The Morgan fingerprint density at radius 1 is 0.895 bits per heavy atom. The van der Waals surface area contributed by atoms with E-state index in [0.717, 1.165) is 17.9 Å². The Bertz CT molecular complexity index is 267. The zero-order valence-corrected chi connectivity index (χ0v) is 12.6. The molecule has 0 spiro atoms. The van der Waals surface area contributed by atoms with E-state index in [4.69, 9.17) is 0 Å². The van der Waals surface area contributed by atoms with E-state index in [9.17, 15) is 0 Å². The zero-order valence-electron chi connectivity index (χ0n) is 12.6. The number of nitrogens with zero attached hydrogens (tertiary/aromatic N) is 2. The molecule has 110 valence electrons. The summed E-state index contributed by atoms with van der Waals surface area (Å²) in [6.45, 7) is 11.7. The third-order valence-electron chi connectivity index (χ3n) is 5.57. The van der Waals surface area contributed by atoms with Crippen LogP contribution in [0, 0.1) is 11.8 Å². The molecule has 3 nitrogen and oxygen atoms in total. The Morgan fingerprint density at radius 3 is 2.21 bits per heavy atom. The van der Waals surface area contributed by atoms with Crippen molar-refractivity contribution in [2.45, 2.75) is 45.1 Å². The second-order valence-electron chi connectivity index (χ2n) is 7.08. The molecule has 3 rings (SSSR count). The fourth-order valence-corrected chi connectivity index (χ4v) is 4.10. The van der Waals surface area contributed by atoms with Crippen LogP contribution in [0.1, 0.15) is 39.0 Å². The first kappa shape index (κ1) is 13.8. The van der Waals surface area contributed by atoms with Gasteiger partial charge in [0.05, 0.1) is 0 Å². The molecular weight excluding hydrogens is 234 g/mol. The summed E-state index contributed by atoms with van der Waals surface area (Å²) in [4.78, 5) is 5.40. The number of hydrogen-bond donors (Lipinski definition) is 1. The van der Waals surface area contributed by atoms with E-state index in [1.807, 2.05) is 0 Å². The molecule has 3 heteroatoms. The molecular formula is C16H31N3. The highest BCUT2D eigenvalue weighted by Gasteiger charge is 2.28. The van der Waals surface area contributed by atoms with Crippen molar-refractivity contribution in [1.29, 1.82) is 0 Å². The summed E-state index contributed by atoms with van der Waals surface area (Å²) in [5.41, 5.74) is 0. The predicted octanol–water partition coefficient (Wildman–Crippen LogP) is 1.79. The lowest BCUT2D eigenvalue weighted by molar-refractivity contribution is 0.141. The molecule has 0 bridgehead atoms. The summed E-state index contributed by atoms with van der Waals surface area (Å²) in [6.07, 6.45) is 7.10. The Labute approximate surface area is 118 Å². The quantitative estimate of drug-likeness (QED) is 0.836. The molecule has 0 aromatic rings. The summed E-state index contributed by atoms with van der Waals surface area (Å²) in [7, 11) is 0. The molecule has 3 aliphatic heterocycles. The fraction of sp³-hybridized carbons (Fsp3) is 1.00. The van der Waals surface area contributed by atoms with Crippen molar-refractivity contribution in [2.24, 2.45) is 11.8 Å². The van der Waals surface area contributed by atoms with Gasteiger partial charge in [-0.25, -0.2) is 0 Å². The van der Waals surface area contributed by atoms with Crippen LogP contribution in [0.25, 0.3) is 0 Å². The van der Waals surface area contributed by atoms with Crippen molar-refractivity contribution >= 4 is 0 Å². The molecule has 2 atom stereocenters. The van der Waals surface area contributed by atoms with Crippen LogP contribution < -0.4 is 5.32 Å². The smallest absolute Gasteiger partial charge is 0.0221 e. The van der Waals surface area contributed by atoms with Crippen LogP contribution in [-0.4, -0.2) is 61.7 Å². The van der Waals surface area contributed by atoms with Gasteiger partial charge in [-0.15, -0.1) is 0 Å². The SMILES string of the molecule is CC1CCNC1CN1CCC(CN2CCCC2)CC1. The molecule has 19 heavy (non-hydrogen) atoms. The number of nitrogens with one attached hydrogen (secondary N) is 1. The summed E-state index contributed by atoms with van der Waals surface area (Å²) >= 11 is 0. The Balaban J connectivity index is 1.37. The minimum atomic E-state index is 0.759. The standard InChI is InChI=1S/C16H31N3/c1-14-4-7-17-16(14)13-19-10-5-15(6-11-19)12-18-8-2-3-9-18/h14-17H,2-13H2,1H3. The normalized spacial score (nSPS) is 35.2. The molecule has 0 amide bonds. The van der Waals surface area contributed by atoms with Gasteiger partial charge in [0, 0.05) is 19.1 Å². The van der Waals surface area contributed by atoms with Gasteiger partial charge in [-0.2, -0.15) is 0 Å². The second kappa shape index (κ2) is 6.55. The summed E-state index contributed by atoms with van der Waals surface area (Å²) in [6, 6.07) is 0.759. The largest absolute Gasteiger partial charge is 0.312 e. The number of likely N-dealkylation sites (tertiary alicyclic amines) is 2. The maximum atomic E-state index is 3.67. The first-order valence-electron chi connectivity index (χ1n) is 8.49. The van der Waals surface area contributed by atoms with E-state index in [-0.39, 0.29) is 0 Å². The maximum absolute atomic E-state index is 3.67. The molecule has 0 radical (unpaired) electrons. The zero-order chi connectivity index (χ0) is 13.1. The van der Waals surface area contributed by atoms with E-state index >= 15 is 0 Å². The monoisotopic (exact) mass is 265 g/mol. The Kier molecular flexibility index (Phi) is 4.78. The Morgan fingerprint density at radius 2 is 1.58 bits per heavy atom. The molecule has 3 heterocycles. The van der Waals surface area contributed by atoms with Gasteiger partial charge >= 0.3 is 0 Å². The third kappa shape index (κ3) is 3.71. The van der Waals surface area contributed by atoms with Crippen LogP contribution in [0.4, 0.5) is 0 Å². The maximum Gasteiger partial charge on any atom is 0.0221 e. The minimum absolute atomic E-state index is 0.759. The summed E-state index contributed by atoms with van der Waals surface area (Å²) in [5, 5.41) is 3.67. The number of hydrogen-bond acceptors (Lipinski definition) is 3. The predicted molar refractivity (Wildman–Crippen MR) is 80.4 cm³/mol. The Hall–Kier alpha value is -0.120. The molecule has 3 fully saturated rings. The highest BCUT2D eigenvalue weighted by atomic mass is 15.2. The summed E-state index contributed by atoms with van der Waals surface area (Å²) < 4.78 is 0. The molecule has 0 aromatic carbocycles. The van der Waals surface area contributed by atoms with Gasteiger partial charge in [-0.05, 0) is 76.7 Å². The molecule has 2 unspecified atom stereocenters. The van der Waals surface area contributed by atoms with E-state index in [1.54, 1.807) is 0 Å². The van der Waals surface area contributed by atoms with Gasteiger partial charge in [-0.1, -0.05) is 6.92 Å². The highest BCUT2D eigenvalue weighted by Crippen LogP contribution is 2.22. The first-order valence-corrected chi connectivity index (χ1v) is 8.49. The molecule has 1 N–H and O–H groups in total. The van der Waals surface area contributed by atoms with Crippen molar-refractivity contribution in [3.05, 3.63) is 0 Å². The first-order chi connectivity index (χ1) is 9.31. The average molecular weight is 265 g/mol. The van der Waals surface area contributed by atoms with Gasteiger partial charge in [0.25, 0.3) is 0 Å². The van der Waals surface area contributed by atoms with Crippen LogP contribution in [0.15, 0.2) is 0 Å². The van der Waals surface area contributed by atoms with Crippen molar-refractivity contribution in [1.82, 2.24) is 15.1 Å². The van der Waals surface area contributed by atoms with E-state index < -0.39 is 0 Å². The van der Waals surface area contributed by atoms with Crippen molar-refractivity contribution in [2.75, 3.05) is 45.8 Å². The molecule has 0 saturated carbocycles. The summed E-state index contributed by atoms with van der Waals surface area (Å²) in [5.74, 6) is 1.85. The van der Waals surface area contributed by atoms with E-state index in [2.05, 4.69) is 22.0 Å². The lowest BCUT2D eigenvalue weighted by Crippen LogP contribution is -2.45. The van der Waals surface area contributed by atoms with Gasteiger partial charge in [0.2, 0.25) is 0 Å². The molecule has 0 aliphatic carbocycles. The lowest BCUT2D eigenvalue weighted by Gasteiger charge is -2.35. The minimum Gasteiger partial charge on any atom is -0.312 e. The van der Waals surface area contributed by atoms with Gasteiger partial charge < -0.3 is 15.1 Å². The van der Waals surface area contributed by atoms with Gasteiger partial charge in [0.15, 0.2) is 0 Å². The third-order valence-corrected chi connectivity index (χ3v) is 5.57. The van der Waals surface area contributed by atoms with Crippen molar-refractivity contribution < 1.29 is 0 Å². The number of piperidine rings is 1. The van der Waals surface area contributed by atoms with Crippen molar-refractivity contribution in [3.8, 4) is 0 Å². The van der Waals surface area contributed by atoms with Crippen molar-refractivity contribution in [3.63, 3.8) is 0 Å². The van der Waals surface area contributed by atoms with Crippen LogP contribution in [0.5, 0.6) is 0 Å². The van der Waals surface area contributed by atoms with Gasteiger partial charge in [-0.3, -0.25) is 0 Å². The topological polar surface area (TPSA) is 18.5 Å². The van der Waals surface area contributed by atoms with Crippen LogP contribution in [0.3, 0.4) is 0 Å². The molecule has 0 aromatic heterocycles.